The Morgan fingerprint density at radius 1 is 1.29 bits per heavy atom. The van der Waals surface area contributed by atoms with Crippen LogP contribution >= 0.6 is 11.3 Å². The zero-order valence-electron chi connectivity index (χ0n) is 14.5. The van der Waals surface area contributed by atoms with Crippen LogP contribution in [0.1, 0.15) is 18.5 Å². The Morgan fingerprint density at radius 2 is 2.04 bits per heavy atom. The first-order valence-corrected chi connectivity index (χ1v) is 8.96. The molecule has 0 aliphatic heterocycles. The van der Waals surface area contributed by atoms with Gasteiger partial charge in [-0.25, -0.2) is 4.98 Å². The lowest BCUT2D eigenvalue weighted by molar-refractivity contribution is -0.121. The van der Waals surface area contributed by atoms with Gasteiger partial charge in [0, 0.05) is 23.9 Å². The molecular formula is C18H25N3O2S. The molecule has 2 rings (SSSR count). The Balaban J connectivity index is 1.77. The number of nitrogens with zero attached hydrogens (tertiary/aromatic N) is 2. The number of amides is 1. The van der Waals surface area contributed by atoms with Crippen molar-refractivity contribution < 1.29 is 9.53 Å². The third kappa shape index (κ3) is 5.94. The molecule has 1 aromatic heterocycles. The van der Waals surface area contributed by atoms with Crippen LogP contribution in [0.15, 0.2) is 29.6 Å². The van der Waals surface area contributed by atoms with E-state index in [4.69, 9.17) is 4.74 Å². The van der Waals surface area contributed by atoms with Crippen LogP contribution in [0.5, 0.6) is 5.75 Å². The summed E-state index contributed by atoms with van der Waals surface area (Å²) in [5.41, 5.74) is 2.04. The molecule has 1 heterocycles. The maximum atomic E-state index is 11.8. The molecule has 0 saturated carbocycles. The number of carbonyl (C=O) groups excluding carboxylic acids is 1. The van der Waals surface area contributed by atoms with Crippen molar-refractivity contribution in [3.05, 3.63) is 35.3 Å². The highest BCUT2D eigenvalue weighted by atomic mass is 32.1. The Morgan fingerprint density at radius 3 is 2.71 bits per heavy atom. The third-order valence-corrected chi connectivity index (χ3v) is 4.54. The summed E-state index contributed by atoms with van der Waals surface area (Å²) < 4.78 is 5.16. The van der Waals surface area contributed by atoms with E-state index in [1.165, 1.54) is 0 Å². The van der Waals surface area contributed by atoms with Gasteiger partial charge in [0.25, 0.3) is 0 Å². The predicted molar refractivity (Wildman–Crippen MR) is 98.6 cm³/mol. The second-order valence-electron chi connectivity index (χ2n) is 5.88. The van der Waals surface area contributed by atoms with Gasteiger partial charge in [0.15, 0.2) is 0 Å². The van der Waals surface area contributed by atoms with Crippen molar-refractivity contribution in [1.82, 2.24) is 15.2 Å². The number of benzene rings is 1. The van der Waals surface area contributed by atoms with E-state index >= 15 is 0 Å². The van der Waals surface area contributed by atoms with Crippen molar-refractivity contribution in [2.45, 2.75) is 19.3 Å². The van der Waals surface area contributed by atoms with E-state index in [0.29, 0.717) is 12.8 Å². The number of aryl methyl sites for hydroxylation is 1. The highest BCUT2D eigenvalue weighted by Crippen LogP contribution is 2.26. The number of ether oxygens (including phenoxy) is 1. The van der Waals surface area contributed by atoms with Crippen LogP contribution in [0, 0.1) is 0 Å². The zero-order valence-corrected chi connectivity index (χ0v) is 15.4. The van der Waals surface area contributed by atoms with Gasteiger partial charge in [0.05, 0.1) is 12.8 Å². The summed E-state index contributed by atoms with van der Waals surface area (Å²) >= 11 is 1.60. The van der Waals surface area contributed by atoms with E-state index in [2.05, 4.69) is 15.2 Å². The molecule has 0 aliphatic rings. The van der Waals surface area contributed by atoms with E-state index in [1.54, 1.807) is 18.4 Å². The average Bonchev–Trinajstić information content (AvgIpc) is 3.06. The normalized spacial score (nSPS) is 10.8. The van der Waals surface area contributed by atoms with Gasteiger partial charge in [-0.05, 0) is 57.7 Å². The molecule has 0 fully saturated rings. The average molecular weight is 347 g/mol. The summed E-state index contributed by atoms with van der Waals surface area (Å²) in [7, 11) is 5.72. The molecule has 1 aromatic carbocycles. The van der Waals surface area contributed by atoms with Crippen molar-refractivity contribution >= 4 is 17.2 Å². The molecule has 6 heteroatoms. The second kappa shape index (κ2) is 9.39. The molecule has 0 saturated heterocycles. The number of hydrogen-bond acceptors (Lipinski definition) is 5. The van der Waals surface area contributed by atoms with E-state index in [1.807, 2.05) is 43.7 Å². The van der Waals surface area contributed by atoms with E-state index in [0.717, 1.165) is 41.5 Å². The summed E-state index contributed by atoms with van der Waals surface area (Å²) in [5, 5.41) is 5.95. The minimum atomic E-state index is 0.0905. The van der Waals surface area contributed by atoms with Crippen molar-refractivity contribution in [2.75, 3.05) is 34.3 Å². The van der Waals surface area contributed by atoms with E-state index in [9.17, 15) is 4.79 Å². The second-order valence-corrected chi connectivity index (χ2v) is 6.74. The van der Waals surface area contributed by atoms with Gasteiger partial charge in [-0.2, -0.15) is 0 Å². The molecule has 0 unspecified atom stereocenters. The number of rotatable bonds is 9. The quantitative estimate of drug-likeness (QED) is 0.709. The topological polar surface area (TPSA) is 54.5 Å². The maximum Gasteiger partial charge on any atom is 0.220 e. The Hall–Kier alpha value is -1.92. The van der Waals surface area contributed by atoms with E-state index in [-0.39, 0.29) is 5.91 Å². The van der Waals surface area contributed by atoms with E-state index < -0.39 is 0 Å². The van der Waals surface area contributed by atoms with Crippen LogP contribution in [0.3, 0.4) is 0 Å². The van der Waals surface area contributed by atoms with Gasteiger partial charge in [-0.3, -0.25) is 4.79 Å². The Kier molecular flexibility index (Phi) is 7.21. The number of aromatic nitrogens is 1. The molecule has 1 amide bonds. The standard InChI is InChI=1S/C18H25N3O2S/c1-21(2)12-4-11-19-17(22)10-7-15-13-24-18(20-15)14-5-8-16(23-3)9-6-14/h5-6,8-9,13H,4,7,10-12H2,1-3H3,(H,19,22). The molecule has 24 heavy (non-hydrogen) atoms. The van der Waals surface area contributed by atoms with Gasteiger partial charge in [0.1, 0.15) is 10.8 Å². The van der Waals surface area contributed by atoms with Crippen molar-refractivity contribution in [1.29, 1.82) is 0 Å². The van der Waals surface area contributed by atoms with Crippen LogP contribution in [0.4, 0.5) is 0 Å². The number of thiazole rings is 1. The smallest absolute Gasteiger partial charge is 0.220 e. The number of carbonyl (C=O) groups is 1. The minimum Gasteiger partial charge on any atom is -0.497 e. The molecular weight excluding hydrogens is 322 g/mol. The largest absolute Gasteiger partial charge is 0.497 e. The fourth-order valence-corrected chi connectivity index (χ4v) is 3.10. The molecule has 2 aromatic rings. The fourth-order valence-electron chi connectivity index (χ4n) is 2.24. The Labute approximate surface area is 147 Å². The van der Waals surface area contributed by atoms with Gasteiger partial charge in [-0.15, -0.1) is 11.3 Å². The lowest BCUT2D eigenvalue weighted by Gasteiger charge is -2.09. The molecule has 0 bridgehead atoms. The third-order valence-electron chi connectivity index (χ3n) is 3.60. The monoisotopic (exact) mass is 347 g/mol. The van der Waals surface area contributed by atoms with Crippen molar-refractivity contribution in [2.24, 2.45) is 0 Å². The number of methoxy groups -OCH3 is 1. The first-order valence-electron chi connectivity index (χ1n) is 8.08. The predicted octanol–water partition coefficient (Wildman–Crippen LogP) is 2.82. The van der Waals surface area contributed by atoms with Crippen LogP contribution in [-0.2, 0) is 11.2 Å². The highest BCUT2D eigenvalue weighted by molar-refractivity contribution is 7.13. The maximum absolute atomic E-state index is 11.8. The molecule has 0 spiro atoms. The summed E-state index contributed by atoms with van der Waals surface area (Å²) in [6.07, 6.45) is 2.12. The first-order chi connectivity index (χ1) is 11.6. The summed E-state index contributed by atoms with van der Waals surface area (Å²) in [6.45, 7) is 1.71. The lowest BCUT2D eigenvalue weighted by Crippen LogP contribution is -2.27. The molecule has 0 atom stereocenters. The summed E-state index contributed by atoms with van der Waals surface area (Å²) in [6, 6.07) is 7.85. The summed E-state index contributed by atoms with van der Waals surface area (Å²) in [4.78, 5) is 18.6. The number of hydrogen-bond donors (Lipinski definition) is 1. The highest BCUT2D eigenvalue weighted by Gasteiger charge is 2.07. The zero-order chi connectivity index (χ0) is 17.4. The lowest BCUT2D eigenvalue weighted by atomic mass is 10.2. The SMILES string of the molecule is COc1ccc(-c2nc(CCC(=O)NCCCN(C)C)cs2)cc1. The van der Waals surface area contributed by atoms with Crippen LogP contribution in [0.25, 0.3) is 10.6 Å². The molecule has 130 valence electrons. The van der Waals surface area contributed by atoms with Gasteiger partial charge in [-0.1, -0.05) is 0 Å². The molecule has 1 N–H and O–H groups in total. The molecule has 0 aliphatic carbocycles. The summed E-state index contributed by atoms with van der Waals surface area (Å²) in [5.74, 6) is 0.925. The van der Waals surface area contributed by atoms with Crippen molar-refractivity contribution in [3.8, 4) is 16.3 Å². The first kappa shape index (κ1) is 18.4. The van der Waals surface area contributed by atoms with Crippen LogP contribution < -0.4 is 10.1 Å². The minimum absolute atomic E-state index is 0.0905. The Bertz CT molecular complexity index is 638. The van der Waals surface area contributed by atoms with Gasteiger partial charge >= 0.3 is 0 Å². The van der Waals surface area contributed by atoms with Gasteiger partial charge < -0.3 is 15.0 Å². The van der Waals surface area contributed by atoms with Crippen LogP contribution in [0.2, 0.25) is 0 Å². The van der Waals surface area contributed by atoms with Gasteiger partial charge in [0.2, 0.25) is 5.91 Å². The fraction of sp³-hybridized carbons (Fsp3) is 0.444. The van der Waals surface area contributed by atoms with Crippen LogP contribution in [-0.4, -0.2) is 50.1 Å². The number of nitrogens with one attached hydrogen (secondary N) is 1. The van der Waals surface area contributed by atoms with Crippen molar-refractivity contribution in [3.63, 3.8) is 0 Å². The molecule has 0 radical (unpaired) electrons. The molecule has 5 nitrogen and oxygen atoms in total.